The molecule has 3 nitrogen and oxygen atoms in total. The first-order chi connectivity index (χ1) is 9.56. The van der Waals surface area contributed by atoms with E-state index in [0.29, 0.717) is 22.9 Å². The minimum atomic E-state index is -0.289. The molecule has 0 fully saturated rings. The first-order valence-electron chi connectivity index (χ1n) is 6.76. The third-order valence-electron chi connectivity index (χ3n) is 3.23. The van der Waals surface area contributed by atoms with Gasteiger partial charge in [0.2, 0.25) is 0 Å². The van der Waals surface area contributed by atoms with E-state index < -0.39 is 0 Å². The molecular formula is C15H19ClFN3. The molecule has 5 heteroatoms. The number of benzene rings is 1. The Kier molecular flexibility index (Phi) is 4.78. The Hall–Kier alpha value is -1.39. The van der Waals surface area contributed by atoms with Crippen LogP contribution in [0.15, 0.2) is 18.2 Å². The maximum absolute atomic E-state index is 14.2. The zero-order valence-corrected chi connectivity index (χ0v) is 12.8. The second-order valence-corrected chi connectivity index (χ2v) is 5.20. The lowest BCUT2D eigenvalue weighted by molar-refractivity contribution is 0.597. The average molecular weight is 296 g/mol. The van der Waals surface area contributed by atoms with Crippen molar-refractivity contribution in [3.05, 3.63) is 46.0 Å². The lowest BCUT2D eigenvalue weighted by atomic mass is 10.1. The van der Waals surface area contributed by atoms with Crippen LogP contribution in [-0.2, 0) is 6.54 Å². The number of aromatic nitrogens is 2. The van der Waals surface area contributed by atoms with E-state index in [1.165, 1.54) is 6.07 Å². The molecule has 0 saturated heterocycles. The highest BCUT2D eigenvalue weighted by Gasteiger charge is 2.16. The van der Waals surface area contributed by atoms with Crippen molar-refractivity contribution in [3.8, 4) is 5.69 Å². The van der Waals surface area contributed by atoms with Crippen LogP contribution in [0.5, 0.6) is 0 Å². The molecule has 2 rings (SSSR count). The predicted molar refractivity (Wildman–Crippen MR) is 80.0 cm³/mol. The summed E-state index contributed by atoms with van der Waals surface area (Å²) in [7, 11) is 0. The third kappa shape index (κ3) is 2.86. The van der Waals surface area contributed by atoms with Crippen LogP contribution < -0.4 is 5.32 Å². The number of hydrogen-bond donors (Lipinski definition) is 1. The van der Waals surface area contributed by atoms with E-state index in [1.807, 2.05) is 19.9 Å². The zero-order chi connectivity index (χ0) is 14.7. The standard InChI is InChI=1S/C15H19ClFN3/c1-4-8-18-9-12-6-5-7-13(17)15(12)20-11(3)14(16)10(2)19-20/h5-7,18H,4,8-9H2,1-3H3. The van der Waals surface area contributed by atoms with Crippen molar-refractivity contribution in [1.82, 2.24) is 15.1 Å². The van der Waals surface area contributed by atoms with Crippen molar-refractivity contribution < 1.29 is 4.39 Å². The number of halogens is 2. The molecule has 20 heavy (non-hydrogen) atoms. The van der Waals surface area contributed by atoms with Gasteiger partial charge in [-0.25, -0.2) is 9.07 Å². The molecule has 0 aliphatic rings. The van der Waals surface area contributed by atoms with Gasteiger partial charge in [0.25, 0.3) is 0 Å². The maximum Gasteiger partial charge on any atom is 0.149 e. The molecule has 0 spiro atoms. The Morgan fingerprint density at radius 1 is 1.35 bits per heavy atom. The molecule has 0 amide bonds. The van der Waals surface area contributed by atoms with Gasteiger partial charge in [0.05, 0.1) is 16.4 Å². The van der Waals surface area contributed by atoms with Gasteiger partial charge >= 0.3 is 0 Å². The SMILES string of the molecule is CCCNCc1cccc(F)c1-n1nc(C)c(Cl)c1C. The highest BCUT2D eigenvalue weighted by molar-refractivity contribution is 6.31. The average Bonchev–Trinajstić information content (AvgIpc) is 2.67. The number of aryl methyl sites for hydroxylation is 1. The summed E-state index contributed by atoms with van der Waals surface area (Å²) >= 11 is 6.16. The number of nitrogens with one attached hydrogen (secondary N) is 1. The molecular weight excluding hydrogens is 277 g/mol. The summed E-state index contributed by atoms with van der Waals surface area (Å²) in [5.41, 5.74) is 2.82. The Bertz CT molecular complexity index is 607. The molecule has 0 unspecified atom stereocenters. The largest absolute Gasteiger partial charge is 0.313 e. The van der Waals surface area contributed by atoms with Gasteiger partial charge in [0.15, 0.2) is 0 Å². The van der Waals surface area contributed by atoms with Crippen molar-refractivity contribution >= 4 is 11.6 Å². The number of para-hydroxylation sites is 1. The van der Waals surface area contributed by atoms with Crippen molar-refractivity contribution in [1.29, 1.82) is 0 Å². The summed E-state index contributed by atoms with van der Waals surface area (Å²) in [5, 5.41) is 8.22. The lowest BCUT2D eigenvalue weighted by Crippen LogP contribution is -2.17. The van der Waals surface area contributed by atoms with Crippen LogP contribution in [-0.4, -0.2) is 16.3 Å². The minimum Gasteiger partial charge on any atom is -0.313 e. The fourth-order valence-corrected chi connectivity index (χ4v) is 2.30. The Morgan fingerprint density at radius 3 is 2.70 bits per heavy atom. The molecule has 0 aliphatic heterocycles. The Labute approximate surface area is 123 Å². The first-order valence-corrected chi connectivity index (χ1v) is 7.14. The van der Waals surface area contributed by atoms with Gasteiger partial charge in [-0.3, -0.25) is 0 Å². The summed E-state index contributed by atoms with van der Waals surface area (Å²) in [6.07, 6.45) is 1.04. The van der Waals surface area contributed by atoms with Gasteiger partial charge in [-0.1, -0.05) is 30.7 Å². The van der Waals surface area contributed by atoms with Gasteiger partial charge in [0, 0.05) is 6.54 Å². The van der Waals surface area contributed by atoms with E-state index >= 15 is 0 Å². The van der Waals surface area contributed by atoms with Crippen LogP contribution in [0.25, 0.3) is 5.69 Å². The molecule has 0 saturated carbocycles. The fraction of sp³-hybridized carbons (Fsp3) is 0.400. The van der Waals surface area contributed by atoms with Crippen LogP contribution >= 0.6 is 11.6 Å². The van der Waals surface area contributed by atoms with Gasteiger partial charge in [-0.05, 0) is 38.4 Å². The molecule has 1 aromatic carbocycles. The molecule has 0 bridgehead atoms. The van der Waals surface area contributed by atoms with Gasteiger partial charge in [-0.2, -0.15) is 5.10 Å². The van der Waals surface area contributed by atoms with Crippen LogP contribution in [0.2, 0.25) is 5.02 Å². The van der Waals surface area contributed by atoms with E-state index in [9.17, 15) is 4.39 Å². The second-order valence-electron chi connectivity index (χ2n) is 4.82. The van der Waals surface area contributed by atoms with Crippen molar-refractivity contribution in [3.63, 3.8) is 0 Å². The van der Waals surface area contributed by atoms with Gasteiger partial charge < -0.3 is 5.32 Å². The second kappa shape index (κ2) is 6.37. The smallest absolute Gasteiger partial charge is 0.149 e. The summed E-state index contributed by atoms with van der Waals surface area (Å²) in [6, 6.07) is 5.07. The van der Waals surface area contributed by atoms with Crippen molar-refractivity contribution in [2.75, 3.05) is 6.54 Å². The van der Waals surface area contributed by atoms with E-state index in [1.54, 1.807) is 10.7 Å². The van der Waals surface area contributed by atoms with Gasteiger partial charge in [-0.15, -0.1) is 0 Å². The minimum absolute atomic E-state index is 0.289. The maximum atomic E-state index is 14.2. The van der Waals surface area contributed by atoms with Gasteiger partial charge in [0.1, 0.15) is 11.5 Å². The van der Waals surface area contributed by atoms with Crippen LogP contribution in [0.1, 0.15) is 30.3 Å². The lowest BCUT2D eigenvalue weighted by Gasteiger charge is -2.13. The van der Waals surface area contributed by atoms with Crippen LogP contribution in [0, 0.1) is 19.7 Å². The number of nitrogens with zero attached hydrogens (tertiary/aromatic N) is 2. The summed E-state index contributed by atoms with van der Waals surface area (Å²) in [6.45, 7) is 7.27. The number of hydrogen-bond acceptors (Lipinski definition) is 2. The van der Waals surface area contributed by atoms with Crippen LogP contribution in [0.3, 0.4) is 0 Å². The topological polar surface area (TPSA) is 29.9 Å². The molecule has 108 valence electrons. The quantitative estimate of drug-likeness (QED) is 0.851. The van der Waals surface area contributed by atoms with E-state index in [-0.39, 0.29) is 5.82 Å². The summed E-state index contributed by atoms with van der Waals surface area (Å²) in [5.74, 6) is -0.289. The molecule has 1 aromatic heterocycles. The fourth-order valence-electron chi connectivity index (χ4n) is 2.18. The van der Waals surface area contributed by atoms with E-state index in [2.05, 4.69) is 17.3 Å². The van der Waals surface area contributed by atoms with E-state index in [0.717, 1.165) is 24.2 Å². The molecule has 0 atom stereocenters. The number of rotatable bonds is 5. The van der Waals surface area contributed by atoms with Crippen LogP contribution in [0.4, 0.5) is 4.39 Å². The molecule has 2 aromatic rings. The van der Waals surface area contributed by atoms with E-state index in [4.69, 9.17) is 11.6 Å². The van der Waals surface area contributed by atoms with Crippen molar-refractivity contribution in [2.24, 2.45) is 0 Å². The molecule has 0 radical (unpaired) electrons. The highest BCUT2D eigenvalue weighted by atomic mass is 35.5. The van der Waals surface area contributed by atoms with Crippen molar-refractivity contribution in [2.45, 2.75) is 33.7 Å². The highest BCUT2D eigenvalue weighted by Crippen LogP contribution is 2.26. The predicted octanol–water partition coefficient (Wildman–Crippen LogP) is 3.78. The first kappa shape index (κ1) is 15.0. The third-order valence-corrected chi connectivity index (χ3v) is 3.77. The molecule has 1 heterocycles. The summed E-state index contributed by atoms with van der Waals surface area (Å²) < 4.78 is 15.8. The Morgan fingerprint density at radius 2 is 2.10 bits per heavy atom. The zero-order valence-electron chi connectivity index (χ0n) is 12.0. The Balaban J connectivity index is 2.46. The monoisotopic (exact) mass is 295 g/mol. The summed E-state index contributed by atoms with van der Waals surface area (Å²) in [4.78, 5) is 0. The normalized spacial score (nSPS) is 11.1. The molecule has 0 aliphatic carbocycles. The molecule has 1 N–H and O–H groups in total.